The van der Waals surface area contributed by atoms with E-state index in [1.165, 1.54) is 44.3 Å². The predicted molar refractivity (Wildman–Crippen MR) is 212 cm³/mol. The lowest BCUT2D eigenvalue weighted by atomic mass is 9.67. The first-order chi connectivity index (χ1) is 25.8. The lowest BCUT2D eigenvalue weighted by Gasteiger charge is -2.33. The number of rotatable bonds is 6. The lowest BCUT2D eigenvalue weighted by Crippen LogP contribution is -2.28. The van der Waals surface area contributed by atoms with Gasteiger partial charge in [-0.3, -0.25) is 0 Å². The highest BCUT2D eigenvalue weighted by Crippen LogP contribution is 2.57. The molecule has 7 aromatic carbocycles. The van der Waals surface area contributed by atoms with Crippen LogP contribution >= 0.6 is 0 Å². The van der Waals surface area contributed by atoms with Crippen molar-refractivity contribution >= 4 is 10.9 Å². The van der Waals surface area contributed by atoms with Crippen LogP contribution in [0.5, 0.6) is 0 Å². The second-order valence-corrected chi connectivity index (χ2v) is 13.4. The number of aromatic nitrogens is 3. The van der Waals surface area contributed by atoms with E-state index in [4.69, 9.17) is 9.97 Å². The Morgan fingerprint density at radius 1 is 0.423 bits per heavy atom. The Labute approximate surface area is 303 Å². The van der Waals surface area contributed by atoms with Crippen LogP contribution in [0.15, 0.2) is 200 Å². The maximum Gasteiger partial charge on any atom is 0.160 e. The van der Waals surface area contributed by atoms with Crippen LogP contribution in [0, 0.1) is 0 Å². The summed E-state index contributed by atoms with van der Waals surface area (Å²) in [6.07, 6.45) is 2.20. The summed E-state index contributed by atoms with van der Waals surface area (Å²) in [6.45, 7) is 0. The van der Waals surface area contributed by atoms with Gasteiger partial charge in [-0.1, -0.05) is 158 Å². The number of benzene rings is 7. The minimum atomic E-state index is -0.445. The van der Waals surface area contributed by atoms with Crippen LogP contribution in [-0.2, 0) is 5.41 Å². The quantitative estimate of drug-likeness (QED) is 0.177. The van der Waals surface area contributed by atoms with Crippen molar-refractivity contribution in [1.29, 1.82) is 0 Å². The molecule has 0 saturated heterocycles. The number of hydrogen-bond acceptors (Lipinski definition) is 2. The fraction of sp³-hybridized carbons (Fsp3) is 0.0204. The Kier molecular flexibility index (Phi) is 7.04. The zero-order chi connectivity index (χ0) is 34.5. The highest BCUT2D eigenvalue weighted by molar-refractivity contribution is 6.03. The molecule has 0 amide bonds. The fourth-order valence-electron chi connectivity index (χ4n) is 8.23. The van der Waals surface area contributed by atoms with E-state index < -0.39 is 5.41 Å². The summed E-state index contributed by atoms with van der Waals surface area (Å²) in [5.74, 6) is 0.703. The van der Waals surface area contributed by atoms with Gasteiger partial charge in [0.25, 0.3) is 0 Å². The maximum absolute atomic E-state index is 5.07. The molecule has 3 nitrogen and oxygen atoms in total. The van der Waals surface area contributed by atoms with E-state index in [1.807, 2.05) is 36.4 Å². The number of fused-ring (bicyclic) bond motifs is 5. The number of nitrogens with zero attached hydrogens (tertiary/aromatic N) is 3. The molecule has 0 atom stereocenters. The third-order valence-electron chi connectivity index (χ3n) is 10.5. The normalized spacial score (nSPS) is 12.8. The molecule has 0 spiro atoms. The van der Waals surface area contributed by atoms with Crippen molar-refractivity contribution in [2.24, 2.45) is 0 Å². The van der Waals surface area contributed by atoms with Gasteiger partial charge in [0.1, 0.15) is 0 Å². The first kappa shape index (κ1) is 30.0. The van der Waals surface area contributed by atoms with E-state index in [2.05, 4.69) is 168 Å². The minimum absolute atomic E-state index is 0.445. The Morgan fingerprint density at radius 2 is 0.962 bits per heavy atom. The van der Waals surface area contributed by atoms with Gasteiger partial charge in [0.05, 0.1) is 22.3 Å². The van der Waals surface area contributed by atoms with Gasteiger partial charge >= 0.3 is 0 Å². The van der Waals surface area contributed by atoms with Crippen molar-refractivity contribution in [3.05, 3.63) is 223 Å². The molecule has 52 heavy (non-hydrogen) atoms. The van der Waals surface area contributed by atoms with E-state index in [1.54, 1.807) is 0 Å². The topological polar surface area (TPSA) is 30.7 Å². The van der Waals surface area contributed by atoms with E-state index in [-0.39, 0.29) is 0 Å². The molecule has 0 saturated carbocycles. The largest absolute Gasteiger partial charge is 0.316 e. The van der Waals surface area contributed by atoms with Crippen LogP contribution in [0.3, 0.4) is 0 Å². The zero-order valence-corrected chi connectivity index (χ0v) is 28.4. The summed E-state index contributed by atoms with van der Waals surface area (Å²) in [5.41, 5.74) is 14.4. The van der Waals surface area contributed by atoms with Crippen LogP contribution in [0.25, 0.3) is 61.6 Å². The summed E-state index contributed by atoms with van der Waals surface area (Å²) in [5, 5.41) is 1.21. The second kappa shape index (κ2) is 12.2. The Bertz CT molecular complexity index is 2600. The summed E-state index contributed by atoms with van der Waals surface area (Å²) in [4.78, 5) is 10.1. The smallest absolute Gasteiger partial charge is 0.160 e. The van der Waals surface area contributed by atoms with Crippen molar-refractivity contribution in [2.45, 2.75) is 5.41 Å². The van der Waals surface area contributed by atoms with Gasteiger partial charge in [-0.25, -0.2) is 9.97 Å². The molecule has 0 aliphatic heterocycles. The SMILES string of the molecule is c1ccc(-c2cc(-c3ccccc3)nc(-c3ccc(-n4ccc5ccc6c(c54)-c4ccccc4C6(c4ccccc4)c4ccccc4)cc3)n2)cc1. The van der Waals surface area contributed by atoms with Crippen LogP contribution in [0.4, 0.5) is 0 Å². The molecule has 2 aromatic heterocycles. The first-order valence-corrected chi connectivity index (χ1v) is 17.8. The van der Waals surface area contributed by atoms with Crippen LogP contribution < -0.4 is 0 Å². The van der Waals surface area contributed by atoms with E-state index in [0.717, 1.165) is 33.8 Å². The van der Waals surface area contributed by atoms with Gasteiger partial charge in [0.15, 0.2) is 5.82 Å². The van der Waals surface area contributed by atoms with Crippen molar-refractivity contribution in [3.8, 4) is 50.7 Å². The summed E-state index contributed by atoms with van der Waals surface area (Å²) in [7, 11) is 0. The third kappa shape index (κ3) is 4.67. The summed E-state index contributed by atoms with van der Waals surface area (Å²) in [6, 6.07) is 69.2. The molecule has 0 bridgehead atoms. The second-order valence-electron chi connectivity index (χ2n) is 13.4. The average molecular weight is 664 g/mol. The van der Waals surface area contributed by atoms with E-state index in [0.29, 0.717) is 5.82 Å². The third-order valence-corrected chi connectivity index (χ3v) is 10.5. The van der Waals surface area contributed by atoms with Gasteiger partial charge in [-0.05, 0) is 64.2 Å². The summed E-state index contributed by atoms with van der Waals surface area (Å²) >= 11 is 0. The Morgan fingerprint density at radius 3 is 1.56 bits per heavy atom. The van der Waals surface area contributed by atoms with E-state index >= 15 is 0 Å². The number of hydrogen-bond donors (Lipinski definition) is 0. The maximum atomic E-state index is 5.07. The van der Waals surface area contributed by atoms with Crippen molar-refractivity contribution in [2.75, 3.05) is 0 Å². The van der Waals surface area contributed by atoms with Crippen LogP contribution in [-0.4, -0.2) is 14.5 Å². The fourth-order valence-corrected chi connectivity index (χ4v) is 8.23. The standard InChI is InChI=1S/C49H33N3/c1-5-15-34(16-6-1)44-33-45(35-17-7-2-8-18-35)51-48(50-44)37-25-28-40(29-26-37)52-32-31-36-27-30-43-46(47(36)52)41-23-13-14-24-42(41)49(43,38-19-9-3-10-20-38)39-21-11-4-12-22-39/h1-33H. The van der Waals surface area contributed by atoms with Crippen molar-refractivity contribution in [1.82, 2.24) is 14.5 Å². The molecule has 10 rings (SSSR count). The van der Waals surface area contributed by atoms with Gasteiger partial charge in [0.2, 0.25) is 0 Å². The highest BCUT2D eigenvalue weighted by Gasteiger charge is 2.46. The van der Waals surface area contributed by atoms with Crippen LogP contribution in [0.1, 0.15) is 22.3 Å². The predicted octanol–water partition coefficient (Wildman–Crippen LogP) is 11.8. The molecule has 1 aliphatic rings. The Balaban J connectivity index is 1.14. The minimum Gasteiger partial charge on any atom is -0.316 e. The van der Waals surface area contributed by atoms with Gasteiger partial charge in [-0.2, -0.15) is 0 Å². The molecular weight excluding hydrogens is 631 g/mol. The molecule has 9 aromatic rings. The first-order valence-electron chi connectivity index (χ1n) is 17.8. The molecule has 0 radical (unpaired) electrons. The average Bonchev–Trinajstić information content (AvgIpc) is 3.80. The van der Waals surface area contributed by atoms with Gasteiger partial charge in [-0.15, -0.1) is 0 Å². The van der Waals surface area contributed by atoms with Gasteiger partial charge < -0.3 is 4.57 Å². The molecule has 3 heteroatoms. The molecule has 0 unspecified atom stereocenters. The molecule has 244 valence electrons. The monoisotopic (exact) mass is 663 g/mol. The molecular formula is C49H33N3. The molecule has 0 fully saturated rings. The lowest BCUT2D eigenvalue weighted by molar-refractivity contribution is 0.769. The van der Waals surface area contributed by atoms with Crippen LogP contribution in [0.2, 0.25) is 0 Å². The highest BCUT2D eigenvalue weighted by atomic mass is 15.0. The molecule has 2 heterocycles. The molecule has 0 N–H and O–H groups in total. The molecule has 1 aliphatic carbocycles. The van der Waals surface area contributed by atoms with Gasteiger partial charge in [0, 0.05) is 39.5 Å². The Hall–Kier alpha value is -6.84. The van der Waals surface area contributed by atoms with E-state index in [9.17, 15) is 0 Å². The zero-order valence-electron chi connectivity index (χ0n) is 28.4. The van der Waals surface area contributed by atoms with Crippen molar-refractivity contribution in [3.63, 3.8) is 0 Å². The summed E-state index contributed by atoms with van der Waals surface area (Å²) < 4.78 is 2.34. The van der Waals surface area contributed by atoms with Crippen molar-refractivity contribution < 1.29 is 0 Å².